The smallest absolute Gasteiger partial charge is 0.300 e. The molecule has 4 aromatic rings. The molecule has 35 heavy (non-hydrogen) atoms. The van der Waals surface area contributed by atoms with Crippen molar-refractivity contribution < 1.29 is 19.4 Å². The Labute approximate surface area is 207 Å². The highest BCUT2D eigenvalue weighted by Crippen LogP contribution is 2.44. The van der Waals surface area contributed by atoms with Crippen molar-refractivity contribution in [2.24, 2.45) is 0 Å². The van der Waals surface area contributed by atoms with Gasteiger partial charge in [0.2, 0.25) is 0 Å². The monoisotopic (exact) mass is 484 g/mol. The minimum absolute atomic E-state index is 0.0634. The number of pyridine rings is 1. The van der Waals surface area contributed by atoms with Crippen LogP contribution in [0.2, 0.25) is 5.02 Å². The van der Waals surface area contributed by atoms with E-state index in [-0.39, 0.29) is 21.9 Å². The lowest BCUT2D eigenvalue weighted by atomic mass is 9.95. The van der Waals surface area contributed by atoms with Gasteiger partial charge in [-0.2, -0.15) is 0 Å². The third-order valence-corrected chi connectivity index (χ3v) is 6.30. The second-order valence-corrected chi connectivity index (χ2v) is 8.44. The van der Waals surface area contributed by atoms with Crippen molar-refractivity contribution >= 4 is 45.5 Å². The Morgan fingerprint density at radius 2 is 1.86 bits per heavy atom. The van der Waals surface area contributed by atoms with Crippen LogP contribution in [-0.4, -0.2) is 28.4 Å². The molecule has 0 spiro atoms. The molecule has 1 amide bonds. The van der Waals surface area contributed by atoms with E-state index in [0.29, 0.717) is 23.6 Å². The number of amides is 1. The number of ether oxygens (including phenoxy) is 1. The molecule has 0 bridgehead atoms. The number of hydrogen-bond acceptors (Lipinski definition) is 5. The first kappa shape index (κ1) is 22.6. The summed E-state index contributed by atoms with van der Waals surface area (Å²) < 4.78 is 5.55. The number of aliphatic hydroxyl groups excluding tert-OH is 1. The SMILES string of the molecule is CCOc1ccc(Cl)c(/C(O)=C2\C(=O)C(=O)N(c3cccc4ccccc34)C2c2cccnc2)c1. The molecule has 7 heteroatoms. The summed E-state index contributed by atoms with van der Waals surface area (Å²) in [7, 11) is 0. The molecule has 1 aliphatic heterocycles. The van der Waals surface area contributed by atoms with Gasteiger partial charge in [0.25, 0.3) is 11.7 Å². The Kier molecular flexibility index (Phi) is 5.97. The lowest BCUT2D eigenvalue weighted by Gasteiger charge is -2.26. The van der Waals surface area contributed by atoms with Crippen LogP contribution < -0.4 is 9.64 Å². The minimum atomic E-state index is -0.902. The van der Waals surface area contributed by atoms with Gasteiger partial charge in [-0.1, -0.05) is 54.1 Å². The van der Waals surface area contributed by atoms with Crippen molar-refractivity contribution in [1.82, 2.24) is 4.98 Å². The van der Waals surface area contributed by atoms with E-state index >= 15 is 0 Å². The van der Waals surface area contributed by atoms with Gasteiger partial charge in [-0.15, -0.1) is 0 Å². The van der Waals surface area contributed by atoms with E-state index in [0.717, 1.165) is 10.8 Å². The maximum Gasteiger partial charge on any atom is 0.300 e. The third kappa shape index (κ3) is 3.92. The Morgan fingerprint density at radius 3 is 2.63 bits per heavy atom. The number of halogens is 1. The van der Waals surface area contributed by atoms with Crippen molar-refractivity contribution in [3.63, 3.8) is 0 Å². The fourth-order valence-corrected chi connectivity index (χ4v) is 4.65. The summed E-state index contributed by atoms with van der Waals surface area (Å²) in [6.07, 6.45) is 3.19. The molecule has 0 radical (unpaired) electrons. The molecule has 1 saturated heterocycles. The van der Waals surface area contributed by atoms with Gasteiger partial charge >= 0.3 is 0 Å². The standard InChI is InChI=1S/C28H21ClN2O4/c1-2-35-19-12-13-22(29)21(15-19)26(32)24-25(18-9-6-14-30-16-18)31(28(34)27(24)33)23-11-5-8-17-7-3-4-10-20(17)23/h3-16,25,32H,2H2,1H3/b26-24+. The lowest BCUT2D eigenvalue weighted by Crippen LogP contribution is -2.29. The van der Waals surface area contributed by atoms with Crippen LogP contribution in [0.3, 0.4) is 0 Å². The number of rotatable bonds is 5. The fraction of sp³-hybridized carbons (Fsp3) is 0.107. The number of anilines is 1. The van der Waals surface area contributed by atoms with Gasteiger partial charge in [-0.25, -0.2) is 0 Å². The summed E-state index contributed by atoms with van der Waals surface area (Å²) in [5, 5.41) is 13.4. The Morgan fingerprint density at radius 1 is 1.06 bits per heavy atom. The first-order valence-corrected chi connectivity index (χ1v) is 11.5. The first-order valence-electron chi connectivity index (χ1n) is 11.1. The van der Waals surface area contributed by atoms with E-state index in [9.17, 15) is 14.7 Å². The zero-order valence-corrected chi connectivity index (χ0v) is 19.6. The van der Waals surface area contributed by atoms with Gasteiger partial charge in [-0.3, -0.25) is 19.5 Å². The quantitative estimate of drug-likeness (QED) is 0.216. The van der Waals surface area contributed by atoms with E-state index in [1.165, 1.54) is 4.90 Å². The van der Waals surface area contributed by atoms with Crippen molar-refractivity contribution in [1.29, 1.82) is 0 Å². The van der Waals surface area contributed by atoms with E-state index < -0.39 is 17.7 Å². The summed E-state index contributed by atoms with van der Waals surface area (Å²) >= 11 is 6.41. The van der Waals surface area contributed by atoms with Crippen LogP contribution in [0.1, 0.15) is 24.1 Å². The van der Waals surface area contributed by atoms with E-state index in [1.807, 2.05) is 43.3 Å². The predicted octanol–water partition coefficient (Wildman–Crippen LogP) is 5.91. The highest BCUT2D eigenvalue weighted by molar-refractivity contribution is 6.52. The maximum absolute atomic E-state index is 13.5. The highest BCUT2D eigenvalue weighted by Gasteiger charge is 2.47. The number of carbonyl (C=O) groups is 2. The van der Waals surface area contributed by atoms with Crippen LogP contribution in [-0.2, 0) is 9.59 Å². The van der Waals surface area contributed by atoms with Crippen molar-refractivity contribution in [3.05, 3.63) is 107 Å². The molecule has 1 fully saturated rings. The summed E-state index contributed by atoms with van der Waals surface area (Å²) in [5.74, 6) is -1.43. The summed E-state index contributed by atoms with van der Waals surface area (Å²) in [6.45, 7) is 2.26. The summed E-state index contributed by atoms with van der Waals surface area (Å²) in [5.41, 5.74) is 1.29. The number of aliphatic hydroxyl groups is 1. The molecule has 1 aromatic heterocycles. The lowest BCUT2D eigenvalue weighted by molar-refractivity contribution is -0.132. The van der Waals surface area contributed by atoms with Gasteiger partial charge in [0, 0.05) is 23.3 Å². The van der Waals surface area contributed by atoms with Crippen molar-refractivity contribution in [2.45, 2.75) is 13.0 Å². The summed E-state index contributed by atoms with van der Waals surface area (Å²) in [6, 6.07) is 20.6. The van der Waals surface area contributed by atoms with Crippen LogP contribution in [0.15, 0.2) is 90.8 Å². The Balaban J connectivity index is 1.77. The van der Waals surface area contributed by atoms with Crippen LogP contribution in [0.5, 0.6) is 5.75 Å². The largest absolute Gasteiger partial charge is 0.507 e. The third-order valence-electron chi connectivity index (χ3n) is 5.97. The number of ketones is 1. The van der Waals surface area contributed by atoms with Crippen molar-refractivity contribution in [3.8, 4) is 5.75 Å². The Hall–Kier alpha value is -4.16. The molecule has 1 atom stereocenters. The molecule has 1 aliphatic rings. The molecule has 1 unspecified atom stereocenters. The normalized spacial score (nSPS) is 17.2. The fourth-order valence-electron chi connectivity index (χ4n) is 4.44. The number of Topliss-reactive ketones (excluding diaryl/α,β-unsaturated/α-hetero) is 1. The first-order chi connectivity index (χ1) is 17.0. The number of nitrogens with zero attached hydrogens (tertiary/aromatic N) is 2. The van der Waals surface area contributed by atoms with Crippen LogP contribution in [0, 0.1) is 0 Å². The van der Waals surface area contributed by atoms with Gasteiger partial charge < -0.3 is 9.84 Å². The van der Waals surface area contributed by atoms with E-state index in [2.05, 4.69) is 4.98 Å². The number of hydrogen-bond donors (Lipinski definition) is 1. The zero-order valence-electron chi connectivity index (χ0n) is 18.8. The molecule has 6 nitrogen and oxygen atoms in total. The molecule has 0 aliphatic carbocycles. The average molecular weight is 485 g/mol. The predicted molar refractivity (Wildman–Crippen MR) is 136 cm³/mol. The molecule has 5 rings (SSSR count). The maximum atomic E-state index is 13.5. The molecule has 0 saturated carbocycles. The second kappa shape index (κ2) is 9.24. The van der Waals surface area contributed by atoms with Gasteiger partial charge in [0.05, 0.1) is 28.9 Å². The average Bonchev–Trinajstić information content (AvgIpc) is 3.15. The van der Waals surface area contributed by atoms with Gasteiger partial charge in [0.1, 0.15) is 11.5 Å². The Bertz CT molecular complexity index is 1480. The number of benzene rings is 3. The number of carbonyl (C=O) groups excluding carboxylic acids is 2. The van der Waals surface area contributed by atoms with E-state index in [4.69, 9.17) is 16.3 Å². The molecular formula is C28H21ClN2O4. The molecule has 2 heterocycles. The van der Waals surface area contributed by atoms with Crippen molar-refractivity contribution in [2.75, 3.05) is 11.5 Å². The minimum Gasteiger partial charge on any atom is -0.507 e. The molecule has 3 aromatic carbocycles. The van der Waals surface area contributed by atoms with Gasteiger partial charge in [-0.05, 0) is 48.2 Å². The van der Waals surface area contributed by atoms with Gasteiger partial charge in [0.15, 0.2) is 0 Å². The van der Waals surface area contributed by atoms with Crippen LogP contribution in [0.4, 0.5) is 5.69 Å². The second-order valence-electron chi connectivity index (χ2n) is 8.03. The molecule has 1 N–H and O–H groups in total. The molecule has 174 valence electrons. The number of aromatic nitrogens is 1. The number of fused-ring (bicyclic) bond motifs is 1. The topological polar surface area (TPSA) is 79.7 Å². The van der Waals surface area contributed by atoms with Crippen LogP contribution >= 0.6 is 11.6 Å². The summed E-state index contributed by atoms with van der Waals surface area (Å²) in [4.78, 5) is 32.5. The zero-order chi connectivity index (χ0) is 24.5. The van der Waals surface area contributed by atoms with Crippen LogP contribution in [0.25, 0.3) is 16.5 Å². The molecular weight excluding hydrogens is 464 g/mol. The van der Waals surface area contributed by atoms with E-state index in [1.54, 1.807) is 48.8 Å². The highest BCUT2D eigenvalue weighted by atomic mass is 35.5.